The van der Waals surface area contributed by atoms with Crippen LogP contribution in [-0.4, -0.2) is 4.98 Å². The number of aromatic nitrogens is 1. The number of hydrogen-bond donors (Lipinski definition) is 1. The molecule has 0 aliphatic heterocycles. The highest BCUT2D eigenvalue weighted by molar-refractivity contribution is 9.10. The minimum absolute atomic E-state index is 0.773. The first kappa shape index (κ1) is 14.1. The van der Waals surface area contributed by atoms with Crippen LogP contribution in [0.3, 0.4) is 0 Å². The number of benzene rings is 2. The second-order valence-electron chi connectivity index (χ2n) is 5.30. The number of nitrogens with zero attached hydrogens (tertiary/aromatic N) is 1. The van der Waals surface area contributed by atoms with Crippen LogP contribution in [0.4, 0.5) is 5.69 Å². The molecule has 1 aromatic heterocycles. The summed E-state index contributed by atoms with van der Waals surface area (Å²) in [4.78, 5) is 4.33. The van der Waals surface area contributed by atoms with Crippen molar-refractivity contribution in [3.8, 4) is 0 Å². The van der Waals surface area contributed by atoms with Gasteiger partial charge in [0, 0.05) is 34.5 Å². The summed E-state index contributed by atoms with van der Waals surface area (Å²) in [6, 6.07) is 12.7. The molecule has 0 spiro atoms. The summed E-state index contributed by atoms with van der Waals surface area (Å²) in [5, 5.41) is 5.94. The zero-order chi connectivity index (χ0) is 14.8. The van der Waals surface area contributed by atoms with Crippen LogP contribution in [0, 0.1) is 13.8 Å². The molecule has 0 fully saturated rings. The molecular weight excluding hydrogens is 324 g/mol. The van der Waals surface area contributed by atoms with Gasteiger partial charge in [0.15, 0.2) is 0 Å². The molecule has 0 saturated heterocycles. The predicted octanol–water partition coefficient (Wildman–Crippen LogP) is 5.23. The van der Waals surface area contributed by atoms with Crippen molar-refractivity contribution in [2.24, 2.45) is 0 Å². The maximum absolute atomic E-state index is 4.33. The molecule has 0 aliphatic carbocycles. The fourth-order valence-electron chi connectivity index (χ4n) is 2.57. The van der Waals surface area contributed by atoms with E-state index in [9.17, 15) is 0 Å². The number of aryl methyl sites for hydroxylation is 2. The molecule has 0 atom stereocenters. The van der Waals surface area contributed by atoms with E-state index in [2.05, 4.69) is 70.4 Å². The van der Waals surface area contributed by atoms with Gasteiger partial charge in [0.05, 0.1) is 0 Å². The van der Waals surface area contributed by atoms with E-state index in [4.69, 9.17) is 0 Å². The largest absolute Gasteiger partial charge is 0.381 e. The van der Waals surface area contributed by atoms with Gasteiger partial charge in [-0.25, -0.2) is 0 Å². The molecular formula is C18H17BrN2. The topological polar surface area (TPSA) is 24.9 Å². The minimum atomic E-state index is 0.773. The summed E-state index contributed by atoms with van der Waals surface area (Å²) in [7, 11) is 0. The number of pyridine rings is 1. The monoisotopic (exact) mass is 340 g/mol. The first-order valence-corrected chi connectivity index (χ1v) is 7.76. The summed E-state index contributed by atoms with van der Waals surface area (Å²) in [5.74, 6) is 0. The molecule has 2 nitrogen and oxygen atoms in total. The van der Waals surface area contributed by atoms with Crippen LogP contribution >= 0.6 is 15.9 Å². The molecule has 2 aromatic carbocycles. The van der Waals surface area contributed by atoms with Gasteiger partial charge >= 0.3 is 0 Å². The van der Waals surface area contributed by atoms with Crippen LogP contribution in [0.25, 0.3) is 10.8 Å². The second-order valence-corrected chi connectivity index (χ2v) is 6.09. The average Bonchev–Trinajstić information content (AvgIpc) is 2.50. The van der Waals surface area contributed by atoms with Crippen molar-refractivity contribution in [1.29, 1.82) is 0 Å². The Morgan fingerprint density at radius 1 is 1.05 bits per heavy atom. The maximum atomic E-state index is 4.33. The standard InChI is InChI=1S/C18H17BrN2/c1-12-7-16(8-13(2)18(12)19)21-11-15-10-20-9-14-5-3-4-6-17(14)15/h3-10,21H,11H2,1-2H3. The van der Waals surface area contributed by atoms with E-state index < -0.39 is 0 Å². The molecule has 3 heteroatoms. The molecule has 1 N–H and O–H groups in total. The molecule has 1 heterocycles. The van der Waals surface area contributed by atoms with Crippen LogP contribution in [0.2, 0.25) is 0 Å². The molecule has 0 unspecified atom stereocenters. The van der Waals surface area contributed by atoms with Crippen molar-refractivity contribution in [3.63, 3.8) is 0 Å². The summed E-state index contributed by atoms with van der Waals surface area (Å²) >= 11 is 3.60. The van der Waals surface area contributed by atoms with Gasteiger partial charge in [-0.2, -0.15) is 0 Å². The highest BCUT2D eigenvalue weighted by Gasteiger charge is 2.04. The first-order valence-electron chi connectivity index (χ1n) is 6.97. The fraction of sp³-hybridized carbons (Fsp3) is 0.167. The van der Waals surface area contributed by atoms with Crippen LogP contribution in [0.1, 0.15) is 16.7 Å². The van der Waals surface area contributed by atoms with Gasteiger partial charge in [0.25, 0.3) is 0 Å². The molecule has 21 heavy (non-hydrogen) atoms. The highest BCUT2D eigenvalue weighted by Crippen LogP contribution is 2.26. The molecule has 0 radical (unpaired) electrons. The average molecular weight is 341 g/mol. The van der Waals surface area contributed by atoms with Crippen molar-refractivity contribution in [1.82, 2.24) is 4.98 Å². The number of anilines is 1. The minimum Gasteiger partial charge on any atom is -0.381 e. The quantitative estimate of drug-likeness (QED) is 0.706. The van der Waals surface area contributed by atoms with E-state index in [0.717, 1.165) is 12.2 Å². The van der Waals surface area contributed by atoms with Gasteiger partial charge in [-0.05, 0) is 48.1 Å². The highest BCUT2D eigenvalue weighted by atomic mass is 79.9. The van der Waals surface area contributed by atoms with Gasteiger partial charge in [-0.15, -0.1) is 0 Å². The Morgan fingerprint density at radius 3 is 2.52 bits per heavy atom. The normalized spacial score (nSPS) is 10.8. The third-order valence-electron chi connectivity index (χ3n) is 3.67. The van der Waals surface area contributed by atoms with E-state index in [0.29, 0.717) is 0 Å². The third kappa shape index (κ3) is 2.93. The smallest absolute Gasteiger partial charge is 0.0422 e. The SMILES string of the molecule is Cc1cc(NCc2cncc3ccccc23)cc(C)c1Br. The number of hydrogen-bond acceptors (Lipinski definition) is 2. The second kappa shape index (κ2) is 5.86. The van der Waals surface area contributed by atoms with Crippen molar-refractivity contribution >= 4 is 32.4 Å². The number of rotatable bonds is 3. The molecule has 3 aromatic rings. The molecule has 3 rings (SSSR count). The Balaban J connectivity index is 1.87. The Morgan fingerprint density at radius 2 is 1.76 bits per heavy atom. The van der Waals surface area contributed by atoms with Gasteiger partial charge in [-0.3, -0.25) is 4.98 Å². The zero-order valence-electron chi connectivity index (χ0n) is 12.2. The van der Waals surface area contributed by atoms with Crippen molar-refractivity contribution in [2.75, 3.05) is 5.32 Å². The summed E-state index contributed by atoms with van der Waals surface area (Å²) in [6.07, 6.45) is 3.85. The van der Waals surface area contributed by atoms with E-state index in [1.54, 1.807) is 0 Å². The lowest BCUT2D eigenvalue weighted by molar-refractivity contribution is 1.13. The molecule has 0 aliphatic rings. The number of nitrogens with one attached hydrogen (secondary N) is 1. The Kier molecular flexibility index (Phi) is 3.93. The fourth-order valence-corrected chi connectivity index (χ4v) is 2.79. The third-order valence-corrected chi connectivity index (χ3v) is 4.92. The van der Waals surface area contributed by atoms with Crippen molar-refractivity contribution < 1.29 is 0 Å². The lowest BCUT2D eigenvalue weighted by Gasteiger charge is -2.12. The predicted molar refractivity (Wildman–Crippen MR) is 92.7 cm³/mol. The first-order chi connectivity index (χ1) is 10.1. The molecule has 0 bridgehead atoms. The van der Waals surface area contributed by atoms with E-state index in [-0.39, 0.29) is 0 Å². The number of fused-ring (bicyclic) bond motifs is 1. The van der Waals surface area contributed by atoms with Crippen LogP contribution in [0.5, 0.6) is 0 Å². The zero-order valence-corrected chi connectivity index (χ0v) is 13.7. The van der Waals surface area contributed by atoms with E-state index in [1.165, 1.54) is 31.9 Å². The molecule has 106 valence electrons. The van der Waals surface area contributed by atoms with Gasteiger partial charge in [0.1, 0.15) is 0 Å². The summed E-state index contributed by atoms with van der Waals surface area (Å²) in [5.41, 5.74) is 4.84. The Labute approximate surface area is 133 Å². The maximum Gasteiger partial charge on any atom is 0.0422 e. The number of halogens is 1. The molecule has 0 saturated carbocycles. The van der Waals surface area contributed by atoms with Crippen molar-refractivity contribution in [3.05, 3.63) is 70.0 Å². The van der Waals surface area contributed by atoms with Gasteiger partial charge < -0.3 is 5.32 Å². The summed E-state index contributed by atoms with van der Waals surface area (Å²) in [6.45, 7) is 5.00. The Hall–Kier alpha value is -1.87. The van der Waals surface area contributed by atoms with Crippen LogP contribution < -0.4 is 5.32 Å². The summed E-state index contributed by atoms with van der Waals surface area (Å²) < 4.78 is 1.18. The lowest BCUT2D eigenvalue weighted by Crippen LogP contribution is -2.01. The Bertz CT molecular complexity index is 768. The van der Waals surface area contributed by atoms with Gasteiger partial charge in [-0.1, -0.05) is 40.2 Å². The van der Waals surface area contributed by atoms with Crippen LogP contribution in [-0.2, 0) is 6.54 Å². The van der Waals surface area contributed by atoms with Gasteiger partial charge in [0.2, 0.25) is 0 Å². The lowest BCUT2D eigenvalue weighted by atomic mass is 10.1. The van der Waals surface area contributed by atoms with Crippen molar-refractivity contribution in [2.45, 2.75) is 20.4 Å². The molecule has 0 amide bonds. The van der Waals surface area contributed by atoms with E-state index in [1.807, 2.05) is 18.5 Å². The van der Waals surface area contributed by atoms with Crippen LogP contribution in [0.15, 0.2) is 53.3 Å². The van der Waals surface area contributed by atoms with E-state index >= 15 is 0 Å².